The molecule has 4 rings (SSSR count). The highest BCUT2D eigenvalue weighted by atomic mass is 16.2. The Kier molecular flexibility index (Phi) is 5.67. The van der Waals surface area contributed by atoms with Gasteiger partial charge in [0.2, 0.25) is 5.91 Å². The molecule has 0 bridgehead atoms. The van der Waals surface area contributed by atoms with Gasteiger partial charge in [-0.25, -0.2) is 4.98 Å². The first-order chi connectivity index (χ1) is 14.0. The molecule has 1 unspecified atom stereocenters. The van der Waals surface area contributed by atoms with Crippen molar-refractivity contribution in [1.29, 1.82) is 0 Å². The van der Waals surface area contributed by atoms with E-state index in [9.17, 15) is 4.79 Å². The smallest absolute Gasteiger partial charge is 0.224 e. The molecule has 1 aliphatic heterocycles. The topological polar surface area (TPSA) is 59.2 Å². The maximum atomic E-state index is 12.9. The SMILES string of the molecule is CN(C)Cc1cc(C2CCCN(C(=O)CCn3cnc4ccccc43)C2)nn1C. The van der Waals surface area contributed by atoms with Crippen molar-refractivity contribution >= 4 is 16.9 Å². The molecule has 1 atom stereocenters. The Hall–Kier alpha value is -2.67. The number of carbonyl (C=O) groups excluding carboxylic acids is 1. The van der Waals surface area contributed by atoms with Gasteiger partial charge in [-0.15, -0.1) is 0 Å². The Morgan fingerprint density at radius 1 is 1.28 bits per heavy atom. The zero-order valence-corrected chi connectivity index (χ0v) is 17.6. The maximum Gasteiger partial charge on any atom is 0.224 e. The summed E-state index contributed by atoms with van der Waals surface area (Å²) >= 11 is 0. The Morgan fingerprint density at radius 3 is 2.93 bits per heavy atom. The van der Waals surface area contributed by atoms with Gasteiger partial charge in [0.1, 0.15) is 0 Å². The number of hydrogen-bond acceptors (Lipinski definition) is 4. The van der Waals surface area contributed by atoms with Gasteiger partial charge in [0.15, 0.2) is 0 Å². The number of benzene rings is 1. The first-order valence-corrected chi connectivity index (χ1v) is 10.4. The minimum atomic E-state index is 0.219. The highest BCUT2D eigenvalue weighted by molar-refractivity contribution is 5.77. The van der Waals surface area contributed by atoms with E-state index >= 15 is 0 Å². The van der Waals surface area contributed by atoms with Crippen LogP contribution < -0.4 is 0 Å². The Balaban J connectivity index is 1.38. The molecule has 0 saturated carbocycles. The molecule has 1 aliphatic rings. The van der Waals surface area contributed by atoms with Crippen LogP contribution in [0.15, 0.2) is 36.7 Å². The molecule has 7 nitrogen and oxygen atoms in total. The van der Waals surface area contributed by atoms with Crippen molar-refractivity contribution in [2.75, 3.05) is 27.2 Å². The second-order valence-electron chi connectivity index (χ2n) is 8.28. The number of carbonyl (C=O) groups is 1. The normalized spacial score (nSPS) is 17.4. The van der Waals surface area contributed by atoms with Crippen molar-refractivity contribution in [2.24, 2.45) is 7.05 Å². The molecule has 7 heteroatoms. The molecule has 1 aromatic carbocycles. The van der Waals surface area contributed by atoms with Crippen molar-refractivity contribution in [3.05, 3.63) is 48.0 Å². The number of aryl methyl sites for hydroxylation is 2. The third-order valence-corrected chi connectivity index (χ3v) is 5.76. The molecule has 2 aromatic heterocycles. The zero-order valence-electron chi connectivity index (χ0n) is 17.6. The molecule has 1 amide bonds. The van der Waals surface area contributed by atoms with Gasteiger partial charge in [0.05, 0.1) is 28.7 Å². The van der Waals surface area contributed by atoms with E-state index in [2.05, 4.69) is 40.7 Å². The van der Waals surface area contributed by atoms with Crippen molar-refractivity contribution < 1.29 is 4.79 Å². The molecular weight excluding hydrogens is 364 g/mol. The second-order valence-corrected chi connectivity index (χ2v) is 8.28. The lowest BCUT2D eigenvalue weighted by Gasteiger charge is -2.32. The van der Waals surface area contributed by atoms with Gasteiger partial charge >= 0.3 is 0 Å². The number of hydrogen-bond donors (Lipinski definition) is 0. The number of aromatic nitrogens is 4. The average molecular weight is 395 g/mol. The monoisotopic (exact) mass is 394 g/mol. The van der Waals surface area contributed by atoms with Crippen LogP contribution in [0.5, 0.6) is 0 Å². The van der Waals surface area contributed by atoms with E-state index in [1.807, 2.05) is 41.2 Å². The highest BCUT2D eigenvalue weighted by Gasteiger charge is 2.26. The highest BCUT2D eigenvalue weighted by Crippen LogP contribution is 2.27. The van der Waals surface area contributed by atoms with E-state index in [-0.39, 0.29) is 5.91 Å². The third-order valence-electron chi connectivity index (χ3n) is 5.76. The number of likely N-dealkylation sites (tertiary alicyclic amines) is 1. The maximum absolute atomic E-state index is 12.9. The zero-order chi connectivity index (χ0) is 20.4. The van der Waals surface area contributed by atoms with Crippen LogP contribution in [0.3, 0.4) is 0 Å². The molecule has 154 valence electrons. The summed E-state index contributed by atoms with van der Waals surface area (Å²) in [5, 5.41) is 4.74. The number of para-hydroxylation sites is 2. The summed E-state index contributed by atoms with van der Waals surface area (Å²) in [4.78, 5) is 21.5. The molecule has 29 heavy (non-hydrogen) atoms. The molecule has 0 radical (unpaired) electrons. The molecule has 0 spiro atoms. The van der Waals surface area contributed by atoms with Gasteiger partial charge in [-0.3, -0.25) is 9.48 Å². The van der Waals surface area contributed by atoms with Crippen molar-refractivity contribution in [3.8, 4) is 0 Å². The first kappa shape index (κ1) is 19.6. The number of amides is 1. The van der Waals surface area contributed by atoms with E-state index in [0.29, 0.717) is 18.9 Å². The predicted octanol–water partition coefficient (Wildman–Crippen LogP) is 2.63. The number of imidazole rings is 1. The van der Waals surface area contributed by atoms with Crippen molar-refractivity contribution in [2.45, 2.75) is 38.3 Å². The standard InChI is InChI=1S/C22H30N6O/c1-25(2)15-18-13-20(24-26(18)3)17-7-6-11-27(14-17)22(29)10-12-28-16-23-19-8-4-5-9-21(19)28/h4-5,8-9,13,16-17H,6-7,10-12,14-15H2,1-3H3. The van der Waals surface area contributed by atoms with E-state index in [1.54, 1.807) is 0 Å². The fraction of sp³-hybridized carbons (Fsp3) is 0.500. The number of nitrogens with zero attached hydrogens (tertiary/aromatic N) is 6. The summed E-state index contributed by atoms with van der Waals surface area (Å²) in [6.45, 7) is 3.15. The van der Waals surface area contributed by atoms with E-state index in [0.717, 1.165) is 49.2 Å². The Morgan fingerprint density at radius 2 is 2.10 bits per heavy atom. The minimum absolute atomic E-state index is 0.219. The van der Waals surface area contributed by atoms with Gasteiger partial charge in [0, 0.05) is 45.6 Å². The fourth-order valence-corrected chi connectivity index (χ4v) is 4.21. The molecule has 0 N–H and O–H groups in total. The van der Waals surface area contributed by atoms with Crippen molar-refractivity contribution in [3.63, 3.8) is 0 Å². The minimum Gasteiger partial charge on any atom is -0.342 e. The summed E-state index contributed by atoms with van der Waals surface area (Å²) in [5.41, 5.74) is 4.38. The van der Waals surface area contributed by atoms with Gasteiger partial charge in [-0.05, 0) is 45.1 Å². The van der Waals surface area contributed by atoms with E-state index in [4.69, 9.17) is 5.10 Å². The average Bonchev–Trinajstić information content (AvgIpc) is 3.29. The van der Waals surface area contributed by atoms with Gasteiger partial charge < -0.3 is 14.4 Å². The molecule has 3 heterocycles. The summed E-state index contributed by atoms with van der Waals surface area (Å²) in [6, 6.07) is 10.3. The van der Waals surface area contributed by atoms with Crippen LogP contribution in [-0.4, -0.2) is 62.2 Å². The largest absolute Gasteiger partial charge is 0.342 e. The lowest BCUT2D eigenvalue weighted by molar-refractivity contribution is -0.132. The van der Waals surface area contributed by atoms with Crippen molar-refractivity contribution in [1.82, 2.24) is 29.1 Å². The Bertz CT molecular complexity index is 988. The molecular formula is C22H30N6O. The van der Waals surface area contributed by atoms with Crippen LogP contribution in [0.25, 0.3) is 11.0 Å². The summed E-state index contributed by atoms with van der Waals surface area (Å²) < 4.78 is 4.04. The number of fused-ring (bicyclic) bond motifs is 1. The van der Waals surface area contributed by atoms with Crippen LogP contribution in [0.4, 0.5) is 0 Å². The van der Waals surface area contributed by atoms with Crippen LogP contribution in [0.1, 0.15) is 36.6 Å². The van der Waals surface area contributed by atoms with E-state index in [1.165, 1.54) is 5.69 Å². The summed E-state index contributed by atoms with van der Waals surface area (Å²) in [7, 11) is 6.14. The lowest BCUT2D eigenvalue weighted by Crippen LogP contribution is -2.39. The molecule has 3 aromatic rings. The molecule has 1 fully saturated rings. The van der Waals surface area contributed by atoms with Gasteiger partial charge in [0.25, 0.3) is 0 Å². The molecule has 1 saturated heterocycles. The lowest BCUT2D eigenvalue weighted by atomic mass is 9.94. The Labute approximate surface area is 171 Å². The first-order valence-electron chi connectivity index (χ1n) is 10.4. The third kappa shape index (κ3) is 4.34. The van der Waals surface area contributed by atoms with Gasteiger partial charge in [-0.1, -0.05) is 12.1 Å². The van der Waals surface area contributed by atoms with Crippen LogP contribution >= 0.6 is 0 Å². The fourth-order valence-electron chi connectivity index (χ4n) is 4.21. The molecule has 0 aliphatic carbocycles. The predicted molar refractivity (Wildman–Crippen MR) is 114 cm³/mol. The summed E-state index contributed by atoms with van der Waals surface area (Å²) in [5.74, 6) is 0.542. The van der Waals surface area contributed by atoms with Gasteiger partial charge in [-0.2, -0.15) is 5.10 Å². The van der Waals surface area contributed by atoms with Crippen LogP contribution in [0.2, 0.25) is 0 Å². The van der Waals surface area contributed by atoms with Crippen LogP contribution in [0, 0.1) is 0 Å². The van der Waals surface area contributed by atoms with E-state index < -0.39 is 0 Å². The van der Waals surface area contributed by atoms with Crippen LogP contribution in [-0.2, 0) is 24.9 Å². The number of piperidine rings is 1. The quantitative estimate of drug-likeness (QED) is 0.645. The summed E-state index contributed by atoms with van der Waals surface area (Å²) in [6.07, 6.45) is 4.46. The number of rotatable bonds is 6. The second kappa shape index (κ2) is 8.37.